The molecule has 1 aromatic heterocycles. The van der Waals surface area contributed by atoms with Crippen LogP contribution < -0.4 is 5.32 Å². The molecule has 0 spiro atoms. The molecule has 0 amide bonds. The van der Waals surface area contributed by atoms with E-state index < -0.39 is 6.10 Å². The highest BCUT2D eigenvalue weighted by molar-refractivity contribution is 5.54. The topological polar surface area (TPSA) is 50.1 Å². The molecule has 0 saturated heterocycles. The van der Waals surface area contributed by atoms with Gasteiger partial charge in [-0.1, -0.05) is 18.2 Å². The molecule has 100 valence electrons. The van der Waals surface area contributed by atoms with Crippen LogP contribution in [0.25, 0.3) is 0 Å². The molecule has 4 heteroatoms. The van der Waals surface area contributed by atoms with Crippen molar-refractivity contribution in [2.75, 3.05) is 5.32 Å². The molecule has 1 aromatic carbocycles. The zero-order chi connectivity index (χ0) is 13.2. The third-order valence-electron chi connectivity index (χ3n) is 3.82. The van der Waals surface area contributed by atoms with Crippen molar-refractivity contribution in [1.29, 1.82) is 0 Å². The van der Waals surface area contributed by atoms with Gasteiger partial charge in [-0.2, -0.15) is 5.10 Å². The van der Waals surface area contributed by atoms with Gasteiger partial charge in [0.1, 0.15) is 6.10 Å². The number of aliphatic hydroxyl groups is 1. The molecule has 0 fully saturated rings. The molecular weight excluding hydrogens is 238 g/mol. The van der Waals surface area contributed by atoms with Gasteiger partial charge in [-0.05, 0) is 37.5 Å². The molecule has 0 saturated carbocycles. The maximum atomic E-state index is 10.5. The average molecular weight is 257 g/mol. The minimum Gasteiger partial charge on any atom is -0.385 e. The Morgan fingerprint density at radius 1 is 1.42 bits per heavy atom. The number of nitrogens with one attached hydrogen (secondary N) is 1. The van der Waals surface area contributed by atoms with Gasteiger partial charge >= 0.3 is 0 Å². The summed E-state index contributed by atoms with van der Waals surface area (Å²) in [6.07, 6.45) is 3.17. The quantitative estimate of drug-likeness (QED) is 0.887. The summed E-state index contributed by atoms with van der Waals surface area (Å²) in [7, 11) is 0. The van der Waals surface area contributed by atoms with Crippen LogP contribution in [0.3, 0.4) is 0 Å². The molecule has 2 atom stereocenters. The van der Waals surface area contributed by atoms with Gasteiger partial charge in [-0.15, -0.1) is 0 Å². The third-order valence-corrected chi connectivity index (χ3v) is 3.82. The summed E-state index contributed by atoms with van der Waals surface area (Å²) in [6.45, 7) is 2.82. The summed E-state index contributed by atoms with van der Waals surface area (Å²) in [6, 6.07) is 10.3. The lowest BCUT2D eigenvalue weighted by Gasteiger charge is -2.30. The number of fused-ring (bicyclic) bond motifs is 1. The minimum absolute atomic E-state index is 0.0527. The van der Waals surface area contributed by atoms with Crippen molar-refractivity contribution >= 4 is 5.69 Å². The zero-order valence-electron chi connectivity index (χ0n) is 11.1. The van der Waals surface area contributed by atoms with Crippen LogP contribution >= 0.6 is 0 Å². The molecule has 2 N–H and O–H groups in total. The van der Waals surface area contributed by atoms with E-state index >= 15 is 0 Å². The van der Waals surface area contributed by atoms with Crippen molar-refractivity contribution in [1.82, 2.24) is 9.78 Å². The number of aromatic nitrogens is 2. The Morgan fingerprint density at radius 3 is 3.11 bits per heavy atom. The van der Waals surface area contributed by atoms with E-state index in [1.807, 2.05) is 23.7 Å². The van der Waals surface area contributed by atoms with Crippen LogP contribution in [0.4, 0.5) is 5.69 Å². The minimum atomic E-state index is -0.518. The first kappa shape index (κ1) is 12.2. The molecule has 2 unspecified atom stereocenters. The maximum Gasteiger partial charge on any atom is 0.116 e. The molecular formula is C15H19N3O. The Bertz CT molecular complexity index is 564. The fourth-order valence-electron chi connectivity index (χ4n) is 2.76. The number of anilines is 1. The normalized spacial score (nSPS) is 19.6. The molecule has 0 aliphatic carbocycles. The van der Waals surface area contributed by atoms with Crippen LogP contribution in [0.1, 0.15) is 30.7 Å². The first-order valence-electron chi connectivity index (χ1n) is 6.84. The van der Waals surface area contributed by atoms with Crippen molar-refractivity contribution in [2.24, 2.45) is 0 Å². The predicted molar refractivity (Wildman–Crippen MR) is 75.0 cm³/mol. The number of benzene rings is 1. The van der Waals surface area contributed by atoms with Crippen LogP contribution in [0, 0.1) is 0 Å². The first-order chi connectivity index (χ1) is 9.29. The van der Waals surface area contributed by atoms with Crippen molar-refractivity contribution in [3.05, 3.63) is 47.8 Å². The SMILES string of the molecule is CCn1nccc1C(O)C1CCc2ccccc2N1. The van der Waals surface area contributed by atoms with E-state index in [0.717, 1.165) is 30.8 Å². The molecule has 4 nitrogen and oxygen atoms in total. The Kier molecular flexibility index (Phi) is 3.25. The van der Waals surface area contributed by atoms with Gasteiger partial charge in [-0.25, -0.2) is 0 Å². The number of para-hydroxylation sites is 1. The number of nitrogens with zero attached hydrogens (tertiary/aromatic N) is 2. The van der Waals surface area contributed by atoms with Gasteiger partial charge in [-0.3, -0.25) is 4.68 Å². The van der Waals surface area contributed by atoms with E-state index in [9.17, 15) is 5.11 Å². The number of aliphatic hydroxyl groups excluding tert-OH is 1. The Labute approximate surface area is 113 Å². The molecule has 1 aliphatic heterocycles. The summed E-state index contributed by atoms with van der Waals surface area (Å²) in [5.74, 6) is 0. The molecule has 0 radical (unpaired) electrons. The van der Waals surface area contributed by atoms with Gasteiger partial charge in [0.25, 0.3) is 0 Å². The number of rotatable bonds is 3. The summed E-state index contributed by atoms with van der Waals surface area (Å²) >= 11 is 0. The Hall–Kier alpha value is -1.81. The second-order valence-corrected chi connectivity index (χ2v) is 4.96. The summed E-state index contributed by atoms with van der Waals surface area (Å²) in [5.41, 5.74) is 3.36. The standard InChI is InChI=1S/C15H19N3O/c1-2-18-14(9-10-16-18)15(19)13-8-7-11-5-3-4-6-12(11)17-13/h3-6,9-10,13,15,17,19H,2,7-8H2,1H3. The van der Waals surface area contributed by atoms with E-state index in [1.165, 1.54) is 5.56 Å². The fraction of sp³-hybridized carbons (Fsp3) is 0.400. The van der Waals surface area contributed by atoms with Crippen LogP contribution in [0.2, 0.25) is 0 Å². The van der Waals surface area contributed by atoms with E-state index in [4.69, 9.17) is 0 Å². The molecule has 0 bridgehead atoms. The monoisotopic (exact) mass is 257 g/mol. The number of hydrogen-bond donors (Lipinski definition) is 2. The highest BCUT2D eigenvalue weighted by Crippen LogP contribution is 2.30. The Morgan fingerprint density at radius 2 is 2.26 bits per heavy atom. The van der Waals surface area contributed by atoms with Crippen molar-refractivity contribution in [2.45, 2.75) is 38.5 Å². The van der Waals surface area contributed by atoms with Gasteiger partial charge in [0.2, 0.25) is 0 Å². The largest absolute Gasteiger partial charge is 0.385 e. The zero-order valence-corrected chi connectivity index (χ0v) is 11.1. The van der Waals surface area contributed by atoms with E-state index in [-0.39, 0.29) is 6.04 Å². The summed E-state index contributed by atoms with van der Waals surface area (Å²) in [4.78, 5) is 0. The van der Waals surface area contributed by atoms with E-state index in [2.05, 4.69) is 28.6 Å². The van der Waals surface area contributed by atoms with Gasteiger partial charge in [0.15, 0.2) is 0 Å². The van der Waals surface area contributed by atoms with Gasteiger partial charge in [0.05, 0.1) is 11.7 Å². The Balaban J connectivity index is 1.81. The first-order valence-corrected chi connectivity index (χ1v) is 6.84. The molecule has 2 aromatic rings. The van der Waals surface area contributed by atoms with Crippen LogP contribution in [-0.2, 0) is 13.0 Å². The maximum absolute atomic E-state index is 10.5. The van der Waals surface area contributed by atoms with Crippen molar-refractivity contribution < 1.29 is 5.11 Å². The number of hydrogen-bond acceptors (Lipinski definition) is 3. The van der Waals surface area contributed by atoms with Crippen LogP contribution in [-0.4, -0.2) is 20.9 Å². The molecule has 1 aliphatic rings. The number of aryl methyl sites for hydroxylation is 2. The molecule has 2 heterocycles. The van der Waals surface area contributed by atoms with Crippen LogP contribution in [0.5, 0.6) is 0 Å². The van der Waals surface area contributed by atoms with Gasteiger partial charge in [0, 0.05) is 18.4 Å². The van der Waals surface area contributed by atoms with Crippen LogP contribution in [0.15, 0.2) is 36.5 Å². The highest BCUT2D eigenvalue weighted by Gasteiger charge is 2.27. The fourth-order valence-corrected chi connectivity index (χ4v) is 2.76. The highest BCUT2D eigenvalue weighted by atomic mass is 16.3. The van der Waals surface area contributed by atoms with Gasteiger partial charge < -0.3 is 10.4 Å². The van der Waals surface area contributed by atoms with E-state index in [0.29, 0.717) is 0 Å². The smallest absolute Gasteiger partial charge is 0.116 e. The predicted octanol–water partition coefficient (Wildman–Crippen LogP) is 2.36. The molecule has 3 rings (SSSR count). The third kappa shape index (κ3) is 2.24. The lowest BCUT2D eigenvalue weighted by atomic mass is 9.93. The lowest BCUT2D eigenvalue weighted by molar-refractivity contribution is 0.139. The van der Waals surface area contributed by atoms with E-state index in [1.54, 1.807) is 6.20 Å². The summed E-state index contributed by atoms with van der Waals surface area (Å²) < 4.78 is 1.85. The second-order valence-electron chi connectivity index (χ2n) is 4.96. The van der Waals surface area contributed by atoms with Crippen molar-refractivity contribution in [3.63, 3.8) is 0 Å². The molecule has 19 heavy (non-hydrogen) atoms. The lowest BCUT2D eigenvalue weighted by Crippen LogP contribution is -2.32. The second kappa shape index (κ2) is 5.05. The average Bonchev–Trinajstić information content (AvgIpc) is 2.94. The van der Waals surface area contributed by atoms with Crippen molar-refractivity contribution in [3.8, 4) is 0 Å². The summed E-state index contributed by atoms with van der Waals surface area (Å²) in [5, 5.41) is 18.2.